The normalized spacial score (nSPS) is 11.6. The molecule has 0 aliphatic rings. The molecule has 0 saturated carbocycles. The predicted molar refractivity (Wildman–Crippen MR) is 127 cm³/mol. The Morgan fingerprint density at radius 3 is 2.39 bits per heavy atom. The van der Waals surface area contributed by atoms with E-state index in [0.717, 1.165) is 29.1 Å². The van der Waals surface area contributed by atoms with Crippen LogP contribution in [0.25, 0.3) is 0 Å². The monoisotopic (exact) mass is 442 g/mol. The highest BCUT2D eigenvalue weighted by Gasteiger charge is 2.25. The lowest BCUT2D eigenvalue weighted by Crippen LogP contribution is -2.47. The summed E-state index contributed by atoms with van der Waals surface area (Å²) in [4.78, 5) is 28.6. The summed E-state index contributed by atoms with van der Waals surface area (Å²) in [5, 5.41) is 2.95. The SMILES string of the molecule is CCCCNC(=O)C(C)N(Cc1ccc(OC)cc1)C(=O)CCSc1ccc(C)cc1. The largest absolute Gasteiger partial charge is 0.497 e. The van der Waals surface area contributed by atoms with E-state index < -0.39 is 6.04 Å². The third-order valence-electron chi connectivity index (χ3n) is 5.11. The molecule has 0 fully saturated rings. The van der Waals surface area contributed by atoms with Crippen molar-refractivity contribution in [3.05, 3.63) is 59.7 Å². The van der Waals surface area contributed by atoms with Crippen molar-refractivity contribution in [3.63, 3.8) is 0 Å². The van der Waals surface area contributed by atoms with Crippen LogP contribution in [0.4, 0.5) is 0 Å². The van der Waals surface area contributed by atoms with Gasteiger partial charge in [-0.15, -0.1) is 11.8 Å². The minimum atomic E-state index is -0.532. The third kappa shape index (κ3) is 8.29. The summed E-state index contributed by atoms with van der Waals surface area (Å²) in [7, 11) is 1.62. The molecule has 2 aromatic carbocycles. The topological polar surface area (TPSA) is 58.6 Å². The first-order chi connectivity index (χ1) is 14.9. The van der Waals surface area contributed by atoms with Crippen LogP contribution >= 0.6 is 11.8 Å². The molecular formula is C25H34N2O3S. The molecule has 0 bridgehead atoms. The Labute approximate surface area is 190 Å². The molecule has 0 radical (unpaired) electrons. The van der Waals surface area contributed by atoms with Crippen molar-refractivity contribution >= 4 is 23.6 Å². The maximum Gasteiger partial charge on any atom is 0.242 e. The number of ether oxygens (including phenoxy) is 1. The fourth-order valence-electron chi connectivity index (χ4n) is 3.08. The van der Waals surface area contributed by atoms with Crippen molar-refractivity contribution in [3.8, 4) is 5.75 Å². The number of thioether (sulfide) groups is 1. The number of amides is 2. The maximum absolute atomic E-state index is 13.1. The predicted octanol–water partition coefficient (Wildman–Crippen LogP) is 4.82. The average molecular weight is 443 g/mol. The Bertz CT molecular complexity index is 822. The van der Waals surface area contributed by atoms with Crippen LogP contribution in [0.5, 0.6) is 5.75 Å². The highest BCUT2D eigenvalue weighted by atomic mass is 32.2. The Kier molecular flexibility index (Phi) is 10.4. The Morgan fingerprint density at radius 1 is 1.10 bits per heavy atom. The lowest BCUT2D eigenvalue weighted by molar-refractivity contribution is -0.140. The summed E-state index contributed by atoms with van der Waals surface area (Å²) < 4.78 is 5.22. The van der Waals surface area contributed by atoms with Gasteiger partial charge in [0.25, 0.3) is 0 Å². The van der Waals surface area contributed by atoms with E-state index >= 15 is 0 Å². The van der Waals surface area contributed by atoms with Crippen LogP contribution in [-0.2, 0) is 16.1 Å². The minimum absolute atomic E-state index is 0.0198. The van der Waals surface area contributed by atoms with Gasteiger partial charge in [-0.05, 0) is 50.1 Å². The van der Waals surface area contributed by atoms with Gasteiger partial charge in [-0.3, -0.25) is 9.59 Å². The second-order valence-electron chi connectivity index (χ2n) is 7.60. The van der Waals surface area contributed by atoms with Crippen LogP contribution in [0.3, 0.4) is 0 Å². The van der Waals surface area contributed by atoms with Gasteiger partial charge in [0.05, 0.1) is 7.11 Å². The van der Waals surface area contributed by atoms with Gasteiger partial charge >= 0.3 is 0 Å². The molecule has 6 heteroatoms. The van der Waals surface area contributed by atoms with Crippen molar-refractivity contribution in [2.75, 3.05) is 19.4 Å². The van der Waals surface area contributed by atoms with Gasteiger partial charge in [0.15, 0.2) is 0 Å². The molecule has 1 atom stereocenters. The number of unbranched alkanes of at least 4 members (excludes halogenated alkanes) is 1. The first-order valence-corrected chi connectivity index (χ1v) is 11.8. The lowest BCUT2D eigenvalue weighted by atomic mass is 10.1. The summed E-state index contributed by atoms with van der Waals surface area (Å²) >= 11 is 1.66. The van der Waals surface area contributed by atoms with Gasteiger partial charge in [-0.2, -0.15) is 0 Å². The van der Waals surface area contributed by atoms with E-state index in [-0.39, 0.29) is 11.8 Å². The molecule has 31 heavy (non-hydrogen) atoms. The molecule has 1 unspecified atom stereocenters. The molecule has 2 aromatic rings. The maximum atomic E-state index is 13.1. The van der Waals surface area contributed by atoms with Crippen LogP contribution in [-0.4, -0.2) is 42.2 Å². The number of methoxy groups -OCH3 is 1. The van der Waals surface area contributed by atoms with Crippen molar-refractivity contribution in [1.29, 1.82) is 0 Å². The molecule has 1 N–H and O–H groups in total. The second-order valence-corrected chi connectivity index (χ2v) is 8.77. The number of nitrogens with one attached hydrogen (secondary N) is 1. The van der Waals surface area contributed by atoms with E-state index in [1.807, 2.05) is 24.3 Å². The van der Waals surface area contributed by atoms with Gasteiger partial charge in [0.1, 0.15) is 11.8 Å². The fourth-order valence-corrected chi connectivity index (χ4v) is 3.92. The zero-order valence-corrected chi connectivity index (χ0v) is 19.8. The number of aryl methyl sites for hydroxylation is 1. The first-order valence-electron chi connectivity index (χ1n) is 10.8. The lowest BCUT2D eigenvalue weighted by Gasteiger charge is -2.29. The summed E-state index contributed by atoms with van der Waals surface area (Å²) in [5.41, 5.74) is 2.18. The number of rotatable bonds is 12. The van der Waals surface area contributed by atoms with Crippen molar-refractivity contribution in [2.45, 2.75) is 57.5 Å². The zero-order chi connectivity index (χ0) is 22.6. The van der Waals surface area contributed by atoms with Crippen molar-refractivity contribution < 1.29 is 14.3 Å². The van der Waals surface area contributed by atoms with Gasteiger partial charge in [0.2, 0.25) is 11.8 Å². The number of nitrogens with zero attached hydrogens (tertiary/aromatic N) is 1. The summed E-state index contributed by atoms with van der Waals surface area (Å²) in [6, 6.07) is 15.4. The van der Waals surface area contributed by atoms with E-state index in [1.54, 1.807) is 30.7 Å². The van der Waals surface area contributed by atoms with E-state index in [9.17, 15) is 9.59 Å². The van der Waals surface area contributed by atoms with Crippen LogP contribution < -0.4 is 10.1 Å². The molecule has 168 valence electrons. The number of hydrogen-bond acceptors (Lipinski definition) is 4. The molecular weight excluding hydrogens is 408 g/mol. The number of hydrogen-bond donors (Lipinski definition) is 1. The summed E-state index contributed by atoms with van der Waals surface area (Å²) in [6.07, 6.45) is 2.32. The number of carbonyl (C=O) groups is 2. The van der Waals surface area contributed by atoms with E-state index in [0.29, 0.717) is 25.3 Å². The summed E-state index contributed by atoms with van der Waals surface area (Å²) in [5.74, 6) is 1.31. The molecule has 0 heterocycles. The molecule has 5 nitrogen and oxygen atoms in total. The minimum Gasteiger partial charge on any atom is -0.497 e. The zero-order valence-electron chi connectivity index (χ0n) is 19.0. The van der Waals surface area contributed by atoms with Crippen molar-refractivity contribution in [1.82, 2.24) is 10.2 Å². The van der Waals surface area contributed by atoms with Crippen LogP contribution in [0, 0.1) is 6.92 Å². The number of carbonyl (C=O) groups excluding carboxylic acids is 2. The van der Waals surface area contributed by atoms with E-state index in [2.05, 4.69) is 43.4 Å². The smallest absolute Gasteiger partial charge is 0.242 e. The Hall–Kier alpha value is -2.47. The Balaban J connectivity index is 2.03. The summed E-state index contributed by atoms with van der Waals surface area (Å²) in [6.45, 7) is 6.96. The quantitative estimate of drug-likeness (QED) is 0.378. The molecule has 0 aliphatic heterocycles. The molecule has 0 spiro atoms. The highest BCUT2D eigenvalue weighted by molar-refractivity contribution is 7.99. The van der Waals surface area contributed by atoms with Crippen molar-refractivity contribution in [2.24, 2.45) is 0 Å². The van der Waals surface area contributed by atoms with Gasteiger partial charge < -0.3 is 15.0 Å². The van der Waals surface area contributed by atoms with Gasteiger partial charge in [-0.1, -0.05) is 43.2 Å². The molecule has 0 saturated heterocycles. The molecule has 2 amide bonds. The van der Waals surface area contributed by atoms with Crippen LogP contribution in [0.1, 0.15) is 44.2 Å². The highest BCUT2D eigenvalue weighted by Crippen LogP contribution is 2.21. The average Bonchev–Trinajstić information content (AvgIpc) is 2.78. The van der Waals surface area contributed by atoms with Gasteiger partial charge in [-0.25, -0.2) is 0 Å². The first kappa shape index (κ1) is 24.8. The number of benzene rings is 2. The van der Waals surface area contributed by atoms with Gasteiger partial charge in [0, 0.05) is 30.2 Å². The third-order valence-corrected chi connectivity index (χ3v) is 6.13. The molecule has 0 aliphatic carbocycles. The van der Waals surface area contributed by atoms with Crippen LogP contribution in [0.2, 0.25) is 0 Å². The van der Waals surface area contributed by atoms with Crippen LogP contribution in [0.15, 0.2) is 53.4 Å². The molecule has 0 aromatic heterocycles. The van der Waals surface area contributed by atoms with E-state index in [1.165, 1.54) is 5.56 Å². The standard InChI is InChI=1S/C25H34N2O3S/c1-5-6-16-26-25(29)20(3)27(18-21-9-11-22(30-4)12-10-21)24(28)15-17-31-23-13-7-19(2)8-14-23/h7-14,20H,5-6,15-18H2,1-4H3,(H,26,29). The fraction of sp³-hybridized carbons (Fsp3) is 0.440. The Morgan fingerprint density at radius 2 is 1.77 bits per heavy atom. The second kappa shape index (κ2) is 13.1. The molecule has 2 rings (SSSR count). The van der Waals surface area contributed by atoms with E-state index in [4.69, 9.17) is 4.74 Å².